The molecule has 0 aliphatic rings. The predicted octanol–water partition coefficient (Wildman–Crippen LogP) is 3.49. The molecule has 2 aromatic carbocycles. The molecule has 0 saturated carbocycles. The predicted molar refractivity (Wildman–Crippen MR) is 94.1 cm³/mol. The molecule has 0 radical (unpaired) electrons. The number of pyridine rings is 1. The van der Waals surface area contributed by atoms with Crippen LogP contribution < -0.4 is 10.5 Å². The van der Waals surface area contributed by atoms with Gasteiger partial charge < -0.3 is 15.5 Å². The van der Waals surface area contributed by atoms with Gasteiger partial charge in [-0.15, -0.1) is 0 Å². The number of nitrogens with two attached hydrogens (primary N) is 1. The van der Waals surface area contributed by atoms with Crippen LogP contribution in [0.1, 0.15) is 10.4 Å². The normalized spacial score (nSPS) is 11.0. The summed E-state index contributed by atoms with van der Waals surface area (Å²) in [4.78, 5) is 19.6. The van der Waals surface area contributed by atoms with Crippen molar-refractivity contribution in [2.45, 2.75) is 0 Å². The number of aromatic amines is 1. The molecule has 2 heterocycles. The number of ether oxygens (including phenoxy) is 1. The van der Waals surface area contributed by atoms with Crippen molar-refractivity contribution in [3.05, 3.63) is 60.3 Å². The Balaban J connectivity index is 2.06. The van der Waals surface area contributed by atoms with Crippen molar-refractivity contribution in [1.29, 1.82) is 0 Å². The lowest BCUT2D eigenvalue weighted by molar-refractivity contribution is 0.100. The first-order valence-corrected chi connectivity index (χ1v) is 7.52. The molecule has 0 fully saturated rings. The van der Waals surface area contributed by atoms with E-state index in [1.165, 1.54) is 0 Å². The Morgan fingerprint density at radius 3 is 2.79 bits per heavy atom. The van der Waals surface area contributed by atoms with Crippen molar-refractivity contribution < 1.29 is 9.53 Å². The third kappa shape index (κ3) is 2.18. The Bertz CT molecular complexity index is 1080. The van der Waals surface area contributed by atoms with Crippen LogP contribution in [0.3, 0.4) is 0 Å². The minimum atomic E-state index is -0.476. The number of primary amides is 1. The number of H-pyrrole nitrogens is 1. The molecule has 4 aromatic rings. The van der Waals surface area contributed by atoms with Crippen LogP contribution in [0.2, 0.25) is 0 Å². The summed E-state index contributed by atoms with van der Waals surface area (Å²) in [6.45, 7) is 0. The van der Waals surface area contributed by atoms with E-state index >= 15 is 0 Å². The molecule has 24 heavy (non-hydrogen) atoms. The van der Waals surface area contributed by atoms with Gasteiger partial charge >= 0.3 is 0 Å². The van der Waals surface area contributed by atoms with Crippen LogP contribution in [0, 0.1) is 0 Å². The van der Waals surface area contributed by atoms with E-state index in [1.54, 1.807) is 19.4 Å². The van der Waals surface area contributed by atoms with Gasteiger partial charge in [-0.3, -0.25) is 9.78 Å². The first-order valence-electron chi connectivity index (χ1n) is 7.52. The van der Waals surface area contributed by atoms with Crippen LogP contribution in [0.4, 0.5) is 0 Å². The van der Waals surface area contributed by atoms with E-state index in [1.807, 2.05) is 42.5 Å². The van der Waals surface area contributed by atoms with Crippen molar-refractivity contribution in [1.82, 2.24) is 9.97 Å². The Kier molecular flexibility index (Phi) is 3.20. The van der Waals surface area contributed by atoms with Crippen LogP contribution in [0.25, 0.3) is 33.1 Å². The van der Waals surface area contributed by atoms with E-state index in [0.29, 0.717) is 11.1 Å². The highest BCUT2D eigenvalue weighted by Gasteiger charge is 2.15. The van der Waals surface area contributed by atoms with Gasteiger partial charge in [-0.2, -0.15) is 0 Å². The fourth-order valence-electron chi connectivity index (χ4n) is 2.98. The molecule has 1 amide bonds. The number of fused-ring (bicyclic) bond motifs is 3. The molecule has 5 heteroatoms. The number of hydrogen-bond donors (Lipinski definition) is 2. The number of carbonyl (C=O) groups excluding carboxylic acids is 1. The smallest absolute Gasteiger partial charge is 0.250 e. The first kappa shape index (κ1) is 14.3. The SMILES string of the molecule is COc1cccc(-c2cc(C(N)=O)c3[nH]c4cccnc4c3c2)c1. The highest BCUT2D eigenvalue weighted by molar-refractivity contribution is 6.14. The van der Waals surface area contributed by atoms with Crippen molar-refractivity contribution in [2.24, 2.45) is 5.73 Å². The van der Waals surface area contributed by atoms with E-state index < -0.39 is 5.91 Å². The largest absolute Gasteiger partial charge is 0.497 e. The standard InChI is InChI=1S/C19H15N3O2/c1-24-13-5-2-4-11(8-13)12-9-14-17(15(10-12)19(20)23)22-16-6-3-7-21-18(14)16/h2-10,22H,1H3,(H2,20,23). The second-order valence-electron chi connectivity index (χ2n) is 5.57. The quantitative estimate of drug-likeness (QED) is 0.607. The maximum absolute atomic E-state index is 12.0. The highest BCUT2D eigenvalue weighted by atomic mass is 16.5. The molecule has 0 saturated heterocycles. The summed E-state index contributed by atoms with van der Waals surface area (Å²) in [5, 5.41) is 0.875. The molecule has 4 rings (SSSR count). The van der Waals surface area contributed by atoms with Crippen LogP contribution in [0.5, 0.6) is 5.75 Å². The summed E-state index contributed by atoms with van der Waals surface area (Å²) in [5.41, 5.74) is 10.3. The number of methoxy groups -OCH3 is 1. The Morgan fingerprint density at radius 1 is 1.12 bits per heavy atom. The average Bonchev–Trinajstić information content (AvgIpc) is 2.99. The Hall–Kier alpha value is -3.34. The molecule has 2 aromatic heterocycles. The highest BCUT2D eigenvalue weighted by Crippen LogP contribution is 2.32. The Morgan fingerprint density at radius 2 is 2.00 bits per heavy atom. The molecule has 0 aliphatic carbocycles. The van der Waals surface area contributed by atoms with Gasteiger partial charge in [0.25, 0.3) is 5.91 Å². The molecule has 0 aliphatic heterocycles. The molecule has 0 atom stereocenters. The lowest BCUT2D eigenvalue weighted by Gasteiger charge is -2.07. The number of nitrogens with one attached hydrogen (secondary N) is 1. The summed E-state index contributed by atoms with van der Waals surface area (Å²) < 4.78 is 5.29. The fraction of sp³-hybridized carbons (Fsp3) is 0.0526. The molecule has 0 bridgehead atoms. The third-order valence-electron chi connectivity index (χ3n) is 4.13. The number of rotatable bonds is 3. The van der Waals surface area contributed by atoms with E-state index in [4.69, 9.17) is 10.5 Å². The van der Waals surface area contributed by atoms with Gasteiger partial charge in [0.15, 0.2) is 0 Å². The molecule has 3 N–H and O–H groups in total. The fourth-order valence-corrected chi connectivity index (χ4v) is 2.98. The van der Waals surface area contributed by atoms with Gasteiger partial charge in [-0.05, 0) is 47.5 Å². The van der Waals surface area contributed by atoms with Gasteiger partial charge in [0, 0.05) is 11.6 Å². The lowest BCUT2D eigenvalue weighted by Crippen LogP contribution is -2.11. The number of aromatic nitrogens is 2. The monoisotopic (exact) mass is 317 g/mol. The molecule has 0 unspecified atom stereocenters. The van der Waals surface area contributed by atoms with Crippen LogP contribution in [-0.4, -0.2) is 23.0 Å². The number of amides is 1. The summed E-state index contributed by atoms with van der Waals surface area (Å²) in [7, 11) is 1.63. The molecule has 5 nitrogen and oxygen atoms in total. The molecule has 0 spiro atoms. The minimum absolute atomic E-state index is 0.448. The molecular weight excluding hydrogens is 302 g/mol. The van der Waals surface area contributed by atoms with Crippen LogP contribution in [0.15, 0.2) is 54.7 Å². The summed E-state index contributed by atoms with van der Waals surface area (Å²) in [6.07, 6.45) is 1.73. The second kappa shape index (κ2) is 5.38. The zero-order valence-electron chi connectivity index (χ0n) is 13.0. The average molecular weight is 317 g/mol. The van der Waals surface area contributed by atoms with Crippen molar-refractivity contribution >= 4 is 27.8 Å². The maximum atomic E-state index is 12.0. The van der Waals surface area contributed by atoms with Gasteiger partial charge in [-0.25, -0.2) is 0 Å². The van der Waals surface area contributed by atoms with E-state index in [2.05, 4.69) is 9.97 Å². The topological polar surface area (TPSA) is 81.0 Å². The zero-order chi connectivity index (χ0) is 16.7. The summed E-state index contributed by atoms with van der Waals surface area (Å²) >= 11 is 0. The summed E-state index contributed by atoms with van der Waals surface area (Å²) in [6, 6.07) is 15.3. The minimum Gasteiger partial charge on any atom is -0.497 e. The van der Waals surface area contributed by atoms with Crippen LogP contribution >= 0.6 is 0 Å². The van der Waals surface area contributed by atoms with E-state index in [0.717, 1.165) is 33.3 Å². The van der Waals surface area contributed by atoms with Gasteiger partial charge in [0.05, 0.1) is 29.2 Å². The van der Waals surface area contributed by atoms with Crippen molar-refractivity contribution in [3.8, 4) is 16.9 Å². The number of benzene rings is 2. The lowest BCUT2D eigenvalue weighted by atomic mass is 9.99. The third-order valence-corrected chi connectivity index (χ3v) is 4.13. The van der Waals surface area contributed by atoms with Crippen molar-refractivity contribution in [2.75, 3.05) is 7.11 Å². The van der Waals surface area contributed by atoms with E-state index in [9.17, 15) is 4.79 Å². The van der Waals surface area contributed by atoms with Crippen LogP contribution in [-0.2, 0) is 0 Å². The second-order valence-corrected chi connectivity index (χ2v) is 5.57. The maximum Gasteiger partial charge on any atom is 0.250 e. The van der Waals surface area contributed by atoms with Gasteiger partial charge in [-0.1, -0.05) is 12.1 Å². The number of hydrogen-bond acceptors (Lipinski definition) is 3. The molecule has 118 valence electrons. The zero-order valence-corrected chi connectivity index (χ0v) is 13.0. The van der Waals surface area contributed by atoms with E-state index in [-0.39, 0.29) is 0 Å². The molecular formula is C19H15N3O2. The van der Waals surface area contributed by atoms with Crippen molar-refractivity contribution in [3.63, 3.8) is 0 Å². The number of carbonyl (C=O) groups is 1. The number of nitrogens with zero attached hydrogens (tertiary/aromatic N) is 1. The van der Waals surface area contributed by atoms with Gasteiger partial charge in [0.2, 0.25) is 0 Å². The first-order chi connectivity index (χ1) is 11.7. The van der Waals surface area contributed by atoms with Gasteiger partial charge in [0.1, 0.15) is 5.75 Å². The summed E-state index contributed by atoms with van der Waals surface area (Å²) in [5.74, 6) is 0.279. The Labute approximate surface area is 138 Å².